The van der Waals surface area contributed by atoms with Gasteiger partial charge in [-0.1, -0.05) is 26.7 Å². The van der Waals surface area contributed by atoms with Crippen LogP contribution in [0.3, 0.4) is 0 Å². The third-order valence-corrected chi connectivity index (χ3v) is 5.25. The maximum Gasteiger partial charge on any atom is 0.0707 e. The molecule has 2 nitrogen and oxygen atoms in total. The van der Waals surface area contributed by atoms with E-state index in [2.05, 4.69) is 31.4 Å². The smallest absolute Gasteiger partial charge is 0.0707 e. The van der Waals surface area contributed by atoms with Crippen LogP contribution >= 0.6 is 12.6 Å². The Morgan fingerprint density at radius 1 is 1.11 bits per heavy atom. The van der Waals surface area contributed by atoms with Crippen LogP contribution in [0, 0.1) is 5.41 Å². The molecule has 2 aliphatic rings. The van der Waals surface area contributed by atoms with Crippen LogP contribution in [0.4, 0.5) is 0 Å². The Balaban J connectivity index is 1.95. The summed E-state index contributed by atoms with van der Waals surface area (Å²) >= 11 is 4.67. The van der Waals surface area contributed by atoms with Gasteiger partial charge in [0.25, 0.3) is 0 Å². The standard InChI is InChI=1S/C15H29NOS/c1-3-7-15(12-18,8-4-2)11-16-9-13-5-6-14(10-16)17-13/h13-14,18H,3-12H2,1-2H3. The van der Waals surface area contributed by atoms with Crippen LogP contribution in [0.15, 0.2) is 0 Å². The van der Waals surface area contributed by atoms with Crippen molar-refractivity contribution in [2.45, 2.75) is 64.6 Å². The van der Waals surface area contributed by atoms with E-state index >= 15 is 0 Å². The average molecular weight is 271 g/mol. The third kappa shape index (κ3) is 3.43. The minimum atomic E-state index is 0.434. The molecule has 2 fully saturated rings. The lowest BCUT2D eigenvalue weighted by Crippen LogP contribution is -2.48. The number of rotatable bonds is 7. The van der Waals surface area contributed by atoms with Crippen LogP contribution < -0.4 is 0 Å². The van der Waals surface area contributed by atoms with Crippen molar-refractivity contribution in [3.05, 3.63) is 0 Å². The summed E-state index contributed by atoms with van der Waals surface area (Å²) in [4.78, 5) is 2.66. The lowest BCUT2D eigenvalue weighted by atomic mass is 9.80. The summed E-state index contributed by atoms with van der Waals surface area (Å²) in [6.45, 7) is 8.14. The predicted octanol–water partition coefficient (Wildman–Crippen LogP) is 3.37. The molecule has 2 bridgehead atoms. The number of thiol groups is 1. The van der Waals surface area contributed by atoms with E-state index in [1.807, 2.05) is 0 Å². The second-order valence-corrected chi connectivity index (χ2v) is 6.63. The Hall–Kier alpha value is 0.270. The summed E-state index contributed by atoms with van der Waals surface area (Å²) in [5.41, 5.74) is 0.434. The fourth-order valence-corrected chi connectivity index (χ4v) is 4.27. The normalized spacial score (nSPS) is 28.8. The van der Waals surface area contributed by atoms with Crippen molar-refractivity contribution in [1.82, 2.24) is 4.90 Å². The minimum absolute atomic E-state index is 0.434. The summed E-state index contributed by atoms with van der Waals surface area (Å²) in [7, 11) is 0. The van der Waals surface area contributed by atoms with Crippen LogP contribution in [0.5, 0.6) is 0 Å². The summed E-state index contributed by atoms with van der Waals surface area (Å²) in [5, 5.41) is 0. The fourth-order valence-electron chi connectivity index (χ4n) is 3.85. The van der Waals surface area contributed by atoms with E-state index in [0.29, 0.717) is 17.6 Å². The molecule has 0 N–H and O–H groups in total. The number of fused-ring (bicyclic) bond motifs is 2. The highest BCUT2D eigenvalue weighted by Crippen LogP contribution is 2.35. The lowest BCUT2D eigenvalue weighted by molar-refractivity contribution is -0.0502. The van der Waals surface area contributed by atoms with Gasteiger partial charge in [0.2, 0.25) is 0 Å². The highest BCUT2D eigenvalue weighted by atomic mass is 32.1. The summed E-state index contributed by atoms with van der Waals surface area (Å²) in [6, 6.07) is 0. The number of hydrogen-bond donors (Lipinski definition) is 1. The van der Waals surface area contributed by atoms with Gasteiger partial charge >= 0.3 is 0 Å². The van der Waals surface area contributed by atoms with Crippen molar-refractivity contribution < 1.29 is 4.74 Å². The molecule has 2 heterocycles. The van der Waals surface area contributed by atoms with E-state index in [9.17, 15) is 0 Å². The van der Waals surface area contributed by atoms with E-state index in [4.69, 9.17) is 4.74 Å². The Bertz CT molecular complexity index is 241. The molecule has 0 aliphatic carbocycles. The largest absolute Gasteiger partial charge is 0.372 e. The van der Waals surface area contributed by atoms with Crippen LogP contribution in [-0.4, -0.2) is 42.5 Å². The number of hydrogen-bond acceptors (Lipinski definition) is 3. The monoisotopic (exact) mass is 271 g/mol. The maximum absolute atomic E-state index is 5.93. The topological polar surface area (TPSA) is 12.5 Å². The second-order valence-electron chi connectivity index (χ2n) is 6.31. The molecule has 3 heteroatoms. The van der Waals surface area contributed by atoms with Gasteiger partial charge in [-0.3, -0.25) is 4.90 Å². The highest BCUT2D eigenvalue weighted by Gasteiger charge is 2.37. The first kappa shape index (κ1) is 14.7. The predicted molar refractivity (Wildman–Crippen MR) is 80.4 cm³/mol. The van der Waals surface area contributed by atoms with Crippen molar-refractivity contribution in [3.8, 4) is 0 Å². The van der Waals surface area contributed by atoms with Crippen LogP contribution in [0.25, 0.3) is 0 Å². The molecular weight excluding hydrogens is 242 g/mol. The number of morpholine rings is 1. The van der Waals surface area contributed by atoms with Crippen molar-refractivity contribution in [2.75, 3.05) is 25.4 Å². The van der Waals surface area contributed by atoms with Crippen molar-refractivity contribution in [2.24, 2.45) is 5.41 Å². The highest BCUT2D eigenvalue weighted by molar-refractivity contribution is 7.80. The second kappa shape index (κ2) is 6.62. The Morgan fingerprint density at radius 3 is 2.11 bits per heavy atom. The van der Waals surface area contributed by atoms with Crippen molar-refractivity contribution >= 4 is 12.6 Å². The molecule has 0 aromatic carbocycles. The van der Waals surface area contributed by atoms with E-state index in [0.717, 1.165) is 18.8 Å². The molecule has 18 heavy (non-hydrogen) atoms. The van der Waals surface area contributed by atoms with Gasteiger partial charge in [-0.25, -0.2) is 0 Å². The summed E-state index contributed by atoms with van der Waals surface area (Å²) in [5.74, 6) is 1.03. The quantitative estimate of drug-likeness (QED) is 0.713. The van der Waals surface area contributed by atoms with Gasteiger partial charge in [0.15, 0.2) is 0 Å². The van der Waals surface area contributed by atoms with Gasteiger partial charge in [0.1, 0.15) is 0 Å². The molecule has 0 aromatic rings. The zero-order valence-electron chi connectivity index (χ0n) is 12.0. The summed E-state index contributed by atoms with van der Waals surface area (Å²) < 4.78 is 5.93. The average Bonchev–Trinajstić information content (AvgIpc) is 2.69. The maximum atomic E-state index is 5.93. The molecule has 2 aliphatic heterocycles. The van der Waals surface area contributed by atoms with Gasteiger partial charge < -0.3 is 4.74 Å². The SMILES string of the molecule is CCCC(CS)(CCC)CN1CC2CCC(C1)O2. The van der Waals surface area contributed by atoms with Gasteiger partial charge in [0, 0.05) is 19.6 Å². The van der Waals surface area contributed by atoms with Gasteiger partial charge in [-0.05, 0) is 36.9 Å². The van der Waals surface area contributed by atoms with Crippen molar-refractivity contribution in [3.63, 3.8) is 0 Å². The molecule has 2 atom stereocenters. The van der Waals surface area contributed by atoms with E-state index in [-0.39, 0.29) is 0 Å². The molecule has 0 amide bonds. The molecule has 0 spiro atoms. The van der Waals surface area contributed by atoms with E-state index in [1.165, 1.54) is 45.1 Å². The zero-order chi connectivity index (χ0) is 13.0. The van der Waals surface area contributed by atoms with Gasteiger partial charge in [-0.15, -0.1) is 0 Å². The molecule has 0 saturated carbocycles. The molecule has 106 valence electrons. The minimum Gasteiger partial charge on any atom is -0.372 e. The molecule has 2 unspecified atom stereocenters. The Morgan fingerprint density at radius 2 is 1.67 bits per heavy atom. The fraction of sp³-hybridized carbons (Fsp3) is 1.00. The Labute approximate surface area is 118 Å². The molecular formula is C15H29NOS. The van der Waals surface area contributed by atoms with E-state index < -0.39 is 0 Å². The molecule has 0 aromatic heterocycles. The first-order valence-electron chi connectivity index (χ1n) is 7.70. The molecule has 2 rings (SSSR count). The van der Waals surface area contributed by atoms with Crippen LogP contribution in [-0.2, 0) is 4.74 Å². The summed E-state index contributed by atoms with van der Waals surface area (Å²) in [6.07, 6.45) is 8.77. The zero-order valence-corrected chi connectivity index (χ0v) is 12.9. The number of likely N-dealkylation sites (tertiary alicyclic amines) is 1. The third-order valence-electron chi connectivity index (χ3n) is 4.57. The van der Waals surface area contributed by atoms with Gasteiger partial charge in [0.05, 0.1) is 12.2 Å². The number of nitrogens with zero attached hydrogens (tertiary/aromatic N) is 1. The van der Waals surface area contributed by atoms with Crippen molar-refractivity contribution in [1.29, 1.82) is 0 Å². The molecule has 0 radical (unpaired) electrons. The van der Waals surface area contributed by atoms with Gasteiger partial charge in [-0.2, -0.15) is 12.6 Å². The van der Waals surface area contributed by atoms with E-state index in [1.54, 1.807) is 0 Å². The van der Waals surface area contributed by atoms with Crippen LogP contribution in [0.1, 0.15) is 52.4 Å². The molecule has 2 saturated heterocycles. The number of ether oxygens (including phenoxy) is 1. The van der Waals surface area contributed by atoms with Crippen LogP contribution in [0.2, 0.25) is 0 Å². The Kier molecular flexibility index (Phi) is 5.40. The lowest BCUT2D eigenvalue weighted by Gasteiger charge is -2.41. The first-order valence-corrected chi connectivity index (χ1v) is 8.33. The first-order chi connectivity index (χ1) is 8.71.